The molecule has 1 atom stereocenters. The van der Waals surface area contributed by atoms with E-state index in [1.165, 1.54) is 6.07 Å². The summed E-state index contributed by atoms with van der Waals surface area (Å²) in [7, 11) is 0. The molecule has 18 heavy (non-hydrogen) atoms. The van der Waals surface area contributed by atoms with Crippen LogP contribution in [0.1, 0.15) is 26.2 Å². The minimum absolute atomic E-state index is 0.139. The maximum Gasteiger partial charge on any atom is 0.190 e. The molecule has 0 radical (unpaired) electrons. The van der Waals surface area contributed by atoms with E-state index in [0.717, 1.165) is 12.1 Å². The zero-order chi connectivity index (χ0) is 13.6. The standard InChI is InChI=1S/C13H19F2NO2/c1-2-13(17,9-16)7-4-8-18-12-10(14)5-3-6-11(12)15/h3,5-6,17H,2,4,7-9,16H2,1H3. The van der Waals surface area contributed by atoms with Crippen LogP contribution in [0.3, 0.4) is 0 Å². The minimum atomic E-state index is -0.920. The van der Waals surface area contributed by atoms with Crippen molar-refractivity contribution in [3.63, 3.8) is 0 Å². The Bertz CT molecular complexity index is 361. The molecule has 0 aliphatic carbocycles. The van der Waals surface area contributed by atoms with Gasteiger partial charge in [0.05, 0.1) is 12.2 Å². The van der Waals surface area contributed by atoms with E-state index in [9.17, 15) is 13.9 Å². The summed E-state index contributed by atoms with van der Waals surface area (Å²) in [5.74, 6) is -1.82. The Balaban J connectivity index is 2.43. The third-order valence-electron chi connectivity index (χ3n) is 2.99. The first-order valence-electron chi connectivity index (χ1n) is 6.01. The van der Waals surface area contributed by atoms with E-state index in [1.54, 1.807) is 0 Å². The van der Waals surface area contributed by atoms with Crippen LogP contribution in [0.2, 0.25) is 0 Å². The van der Waals surface area contributed by atoms with E-state index in [-0.39, 0.29) is 18.9 Å². The van der Waals surface area contributed by atoms with Crippen molar-refractivity contribution in [2.45, 2.75) is 31.8 Å². The summed E-state index contributed by atoms with van der Waals surface area (Å²) in [5, 5.41) is 9.91. The van der Waals surface area contributed by atoms with Crippen LogP contribution in [-0.4, -0.2) is 23.9 Å². The van der Waals surface area contributed by atoms with Gasteiger partial charge in [-0.3, -0.25) is 0 Å². The fourth-order valence-electron chi connectivity index (χ4n) is 1.62. The lowest BCUT2D eigenvalue weighted by atomic mass is 9.95. The Morgan fingerprint density at radius 2 is 1.94 bits per heavy atom. The van der Waals surface area contributed by atoms with Crippen molar-refractivity contribution < 1.29 is 18.6 Å². The Hall–Kier alpha value is -1.20. The number of para-hydroxylation sites is 1. The van der Waals surface area contributed by atoms with Gasteiger partial charge >= 0.3 is 0 Å². The molecule has 5 heteroatoms. The molecule has 3 N–H and O–H groups in total. The Labute approximate surface area is 106 Å². The highest BCUT2D eigenvalue weighted by molar-refractivity contribution is 5.25. The van der Waals surface area contributed by atoms with Crippen molar-refractivity contribution in [1.29, 1.82) is 0 Å². The summed E-state index contributed by atoms with van der Waals surface area (Å²) >= 11 is 0. The van der Waals surface area contributed by atoms with Crippen molar-refractivity contribution in [2.75, 3.05) is 13.2 Å². The van der Waals surface area contributed by atoms with Gasteiger partial charge in [0.2, 0.25) is 0 Å². The van der Waals surface area contributed by atoms with Gasteiger partial charge in [0.15, 0.2) is 17.4 Å². The molecule has 0 heterocycles. The highest BCUT2D eigenvalue weighted by atomic mass is 19.1. The first kappa shape index (κ1) is 14.9. The monoisotopic (exact) mass is 259 g/mol. The second-order valence-electron chi connectivity index (χ2n) is 4.28. The van der Waals surface area contributed by atoms with Gasteiger partial charge in [-0.1, -0.05) is 13.0 Å². The summed E-state index contributed by atoms with van der Waals surface area (Å²) in [4.78, 5) is 0. The molecule has 0 amide bonds. The lowest BCUT2D eigenvalue weighted by molar-refractivity contribution is 0.0306. The van der Waals surface area contributed by atoms with E-state index in [2.05, 4.69) is 0 Å². The number of ether oxygens (including phenoxy) is 1. The second kappa shape index (κ2) is 6.66. The maximum absolute atomic E-state index is 13.2. The first-order valence-corrected chi connectivity index (χ1v) is 6.01. The quantitative estimate of drug-likeness (QED) is 0.738. The van der Waals surface area contributed by atoms with Gasteiger partial charge in [0, 0.05) is 6.54 Å². The fraction of sp³-hybridized carbons (Fsp3) is 0.538. The van der Waals surface area contributed by atoms with Crippen molar-refractivity contribution in [2.24, 2.45) is 5.73 Å². The minimum Gasteiger partial charge on any atom is -0.488 e. The van der Waals surface area contributed by atoms with Crippen molar-refractivity contribution >= 4 is 0 Å². The average molecular weight is 259 g/mol. The largest absolute Gasteiger partial charge is 0.488 e. The maximum atomic E-state index is 13.2. The topological polar surface area (TPSA) is 55.5 Å². The van der Waals surface area contributed by atoms with E-state index >= 15 is 0 Å². The molecular formula is C13H19F2NO2. The Kier molecular flexibility index (Phi) is 5.50. The molecule has 0 spiro atoms. The van der Waals surface area contributed by atoms with Gasteiger partial charge in [-0.05, 0) is 31.4 Å². The van der Waals surface area contributed by atoms with Crippen molar-refractivity contribution in [3.05, 3.63) is 29.8 Å². The number of hydrogen-bond acceptors (Lipinski definition) is 3. The molecule has 0 bridgehead atoms. The molecule has 0 saturated heterocycles. The van der Waals surface area contributed by atoms with Gasteiger partial charge in [-0.25, -0.2) is 8.78 Å². The fourth-order valence-corrected chi connectivity index (χ4v) is 1.62. The Morgan fingerprint density at radius 3 is 2.44 bits per heavy atom. The zero-order valence-electron chi connectivity index (χ0n) is 10.5. The number of halogens is 2. The van der Waals surface area contributed by atoms with Crippen LogP contribution in [-0.2, 0) is 0 Å². The molecule has 0 aliphatic rings. The van der Waals surface area contributed by atoms with Crippen molar-refractivity contribution in [1.82, 2.24) is 0 Å². The number of hydrogen-bond donors (Lipinski definition) is 2. The third kappa shape index (κ3) is 3.92. The lowest BCUT2D eigenvalue weighted by Crippen LogP contribution is -2.37. The predicted octanol–water partition coefficient (Wildman–Crippen LogP) is 2.22. The van der Waals surface area contributed by atoms with E-state index in [1.807, 2.05) is 6.92 Å². The highest BCUT2D eigenvalue weighted by Gasteiger charge is 2.22. The van der Waals surface area contributed by atoms with Crippen LogP contribution in [0, 0.1) is 11.6 Å². The molecular weight excluding hydrogens is 240 g/mol. The van der Waals surface area contributed by atoms with Gasteiger partial charge in [-0.2, -0.15) is 0 Å². The van der Waals surface area contributed by atoms with E-state index in [0.29, 0.717) is 19.3 Å². The number of benzene rings is 1. The van der Waals surface area contributed by atoms with Crippen LogP contribution in [0.25, 0.3) is 0 Å². The van der Waals surface area contributed by atoms with Crippen LogP contribution in [0.5, 0.6) is 5.75 Å². The molecule has 3 nitrogen and oxygen atoms in total. The lowest BCUT2D eigenvalue weighted by Gasteiger charge is -2.24. The van der Waals surface area contributed by atoms with Crippen LogP contribution >= 0.6 is 0 Å². The Morgan fingerprint density at radius 1 is 1.33 bits per heavy atom. The van der Waals surface area contributed by atoms with Gasteiger partial charge in [-0.15, -0.1) is 0 Å². The SMILES string of the molecule is CCC(O)(CN)CCCOc1c(F)cccc1F. The molecule has 1 rings (SSSR count). The zero-order valence-corrected chi connectivity index (χ0v) is 10.5. The third-order valence-corrected chi connectivity index (χ3v) is 2.99. The van der Waals surface area contributed by atoms with Crippen molar-refractivity contribution in [3.8, 4) is 5.75 Å². The van der Waals surface area contributed by atoms with E-state index < -0.39 is 17.2 Å². The summed E-state index contributed by atoms with van der Waals surface area (Å²) in [6.45, 7) is 2.14. The highest BCUT2D eigenvalue weighted by Crippen LogP contribution is 2.22. The average Bonchev–Trinajstić information content (AvgIpc) is 2.37. The van der Waals surface area contributed by atoms with Crippen LogP contribution in [0.15, 0.2) is 18.2 Å². The molecule has 0 aliphatic heterocycles. The summed E-state index contributed by atoms with van der Waals surface area (Å²) in [5.41, 5.74) is 4.53. The number of aliphatic hydroxyl groups is 1. The molecule has 102 valence electrons. The molecule has 1 unspecified atom stereocenters. The molecule has 0 aromatic heterocycles. The second-order valence-corrected chi connectivity index (χ2v) is 4.28. The molecule has 1 aromatic rings. The molecule has 1 aromatic carbocycles. The number of rotatable bonds is 7. The van der Waals surface area contributed by atoms with Gasteiger partial charge < -0.3 is 15.6 Å². The van der Waals surface area contributed by atoms with Crippen LogP contribution < -0.4 is 10.5 Å². The van der Waals surface area contributed by atoms with Gasteiger partial charge in [0.25, 0.3) is 0 Å². The molecule has 0 saturated carbocycles. The van der Waals surface area contributed by atoms with Gasteiger partial charge in [0.1, 0.15) is 0 Å². The normalized spacial score (nSPS) is 14.3. The number of nitrogens with two attached hydrogens (primary N) is 1. The van der Waals surface area contributed by atoms with E-state index in [4.69, 9.17) is 10.5 Å². The summed E-state index contributed by atoms with van der Waals surface area (Å²) < 4.78 is 31.5. The summed E-state index contributed by atoms with van der Waals surface area (Å²) in [6, 6.07) is 3.56. The smallest absolute Gasteiger partial charge is 0.190 e. The predicted molar refractivity (Wildman–Crippen MR) is 65.4 cm³/mol. The van der Waals surface area contributed by atoms with Crippen LogP contribution in [0.4, 0.5) is 8.78 Å². The molecule has 0 fully saturated rings. The first-order chi connectivity index (χ1) is 8.52. The summed E-state index contributed by atoms with van der Waals surface area (Å²) in [6.07, 6.45) is 1.46.